The van der Waals surface area contributed by atoms with E-state index in [1.165, 1.54) is 0 Å². The number of Topliss-reactive ketones (excluding diaryl/α,β-unsaturated/α-hetero) is 1. The maximum atomic E-state index is 12.6. The summed E-state index contributed by atoms with van der Waals surface area (Å²) in [6.07, 6.45) is 4.56. The molecular formula is C18H24N2O2. The predicted molar refractivity (Wildman–Crippen MR) is 86.3 cm³/mol. The zero-order chi connectivity index (χ0) is 15.5. The standard InChI is InChI=1S/C18H24N2O2/c1-2-10-20-11-4-5-13(12-20)19-18(22)16-7-3-6-15-14(16)8-9-17(15)21/h3,6-7,13H,2,4-5,8-12H2,1H3,(H,19,22)/t13-/m1/s1. The van der Waals surface area contributed by atoms with Gasteiger partial charge in [0.15, 0.2) is 5.78 Å². The molecule has 1 heterocycles. The van der Waals surface area contributed by atoms with Crippen molar-refractivity contribution in [2.24, 2.45) is 0 Å². The summed E-state index contributed by atoms with van der Waals surface area (Å²) in [5, 5.41) is 3.18. The highest BCUT2D eigenvalue weighted by molar-refractivity contribution is 6.05. The van der Waals surface area contributed by atoms with E-state index in [1.807, 2.05) is 18.2 Å². The summed E-state index contributed by atoms with van der Waals surface area (Å²) in [4.78, 5) is 26.8. The molecule has 4 nitrogen and oxygen atoms in total. The minimum Gasteiger partial charge on any atom is -0.348 e. The molecule has 0 radical (unpaired) electrons. The molecule has 22 heavy (non-hydrogen) atoms. The van der Waals surface area contributed by atoms with Crippen molar-refractivity contribution in [2.75, 3.05) is 19.6 Å². The first kappa shape index (κ1) is 15.2. The Hall–Kier alpha value is -1.68. The van der Waals surface area contributed by atoms with Crippen molar-refractivity contribution in [3.8, 4) is 0 Å². The Morgan fingerprint density at radius 2 is 2.23 bits per heavy atom. The van der Waals surface area contributed by atoms with Crippen LogP contribution < -0.4 is 5.32 Å². The number of nitrogens with zero attached hydrogens (tertiary/aromatic N) is 1. The first-order valence-electron chi connectivity index (χ1n) is 8.37. The van der Waals surface area contributed by atoms with E-state index in [0.717, 1.165) is 50.0 Å². The number of fused-ring (bicyclic) bond motifs is 1. The average molecular weight is 300 g/mol. The average Bonchev–Trinajstić information content (AvgIpc) is 2.89. The van der Waals surface area contributed by atoms with Crippen LogP contribution in [0.25, 0.3) is 0 Å². The summed E-state index contributed by atoms with van der Waals surface area (Å²) >= 11 is 0. The van der Waals surface area contributed by atoms with Gasteiger partial charge in [0.05, 0.1) is 0 Å². The minimum atomic E-state index is -0.0186. The Morgan fingerprint density at radius 3 is 3.05 bits per heavy atom. The molecule has 0 saturated carbocycles. The number of carbonyl (C=O) groups is 2. The van der Waals surface area contributed by atoms with Crippen LogP contribution in [0.5, 0.6) is 0 Å². The fourth-order valence-electron chi connectivity index (χ4n) is 3.66. The topological polar surface area (TPSA) is 49.4 Å². The van der Waals surface area contributed by atoms with E-state index in [0.29, 0.717) is 18.4 Å². The summed E-state index contributed by atoms with van der Waals surface area (Å²) in [6, 6.07) is 5.73. The number of hydrogen-bond acceptors (Lipinski definition) is 3. The van der Waals surface area contributed by atoms with Crippen molar-refractivity contribution in [1.82, 2.24) is 10.2 Å². The van der Waals surface area contributed by atoms with Crippen molar-refractivity contribution in [1.29, 1.82) is 0 Å². The molecule has 1 fully saturated rings. The van der Waals surface area contributed by atoms with Crippen LogP contribution in [0.3, 0.4) is 0 Å². The quantitative estimate of drug-likeness (QED) is 0.929. The molecule has 1 atom stereocenters. The van der Waals surface area contributed by atoms with E-state index < -0.39 is 0 Å². The lowest BCUT2D eigenvalue weighted by molar-refractivity contribution is 0.0902. The minimum absolute atomic E-state index is 0.0186. The van der Waals surface area contributed by atoms with Crippen molar-refractivity contribution >= 4 is 11.7 Å². The largest absolute Gasteiger partial charge is 0.348 e. The van der Waals surface area contributed by atoms with E-state index >= 15 is 0 Å². The van der Waals surface area contributed by atoms with E-state index in [4.69, 9.17) is 0 Å². The molecule has 1 aliphatic carbocycles. The lowest BCUT2D eigenvalue weighted by Crippen LogP contribution is -2.48. The molecule has 3 rings (SSSR count). The van der Waals surface area contributed by atoms with Crippen LogP contribution in [0.1, 0.15) is 58.9 Å². The van der Waals surface area contributed by atoms with Crippen LogP contribution in [0.4, 0.5) is 0 Å². The van der Waals surface area contributed by atoms with Crippen LogP contribution in [-0.2, 0) is 6.42 Å². The van der Waals surface area contributed by atoms with Crippen LogP contribution in [0, 0.1) is 0 Å². The molecule has 1 N–H and O–H groups in total. The Bertz CT molecular complexity index is 580. The van der Waals surface area contributed by atoms with Gasteiger partial charge in [-0.15, -0.1) is 0 Å². The second-order valence-electron chi connectivity index (χ2n) is 6.37. The molecule has 4 heteroatoms. The smallest absolute Gasteiger partial charge is 0.251 e. The Kier molecular flexibility index (Phi) is 4.57. The lowest BCUT2D eigenvalue weighted by Gasteiger charge is -2.33. The number of carbonyl (C=O) groups excluding carboxylic acids is 2. The van der Waals surface area contributed by atoms with Gasteiger partial charge in [-0.2, -0.15) is 0 Å². The third-order valence-electron chi connectivity index (χ3n) is 4.70. The SMILES string of the molecule is CCCN1CCC[C@@H](NC(=O)c2cccc3c2CCC3=O)C1. The molecule has 1 aromatic carbocycles. The third kappa shape index (κ3) is 3.07. The number of rotatable bonds is 4. The lowest BCUT2D eigenvalue weighted by atomic mass is 10.0. The molecule has 1 amide bonds. The van der Waals surface area contributed by atoms with E-state index in [2.05, 4.69) is 17.1 Å². The Labute approximate surface area is 131 Å². The van der Waals surface area contributed by atoms with Gasteiger partial charge >= 0.3 is 0 Å². The maximum absolute atomic E-state index is 12.6. The van der Waals surface area contributed by atoms with E-state index in [1.54, 1.807) is 0 Å². The summed E-state index contributed by atoms with van der Waals surface area (Å²) in [5.41, 5.74) is 2.37. The van der Waals surface area contributed by atoms with Gasteiger partial charge < -0.3 is 10.2 Å². The van der Waals surface area contributed by atoms with E-state index in [-0.39, 0.29) is 17.7 Å². The van der Waals surface area contributed by atoms with Crippen LogP contribution in [0.2, 0.25) is 0 Å². The molecule has 0 unspecified atom stereocenters. The number of amides is 1. The van der Waals surface area contributed by atoms with Gasteiger partial charge in [0, 0.05) is 30.1 Å². The number of ketones is 1. The fourth-order valence-corrected chi connectivity index (χ4v) is 3.66. The second kappa shape index (κ2) is 6.61. The molecule has 0 spiro atoms. The van der Waals surface area contributed by atoms with E-state index in [9.17, 15) is 9.59 Å². The molecule has 118 valence electrons. The van der Waals surface area contributed by atoms with Crippen LogP contribution in [-0.4, -0.2) is 42.3 Å². The number of likely N-dealkylation sites (tertiary alicyclic amines) is 1. The number of benzene rings is 1. The summed E-state index contributed by atoms with van der Waals surface area (Å²) in [5.74, 6) is 0.145. The predicted octanol–water partition coefficient (Wildman–Crippen LogP) is 2.42. The molecule has 0 bridgehead atoms. The monoisotopic (exact) mass is 300 g/mol. The molecule has 0 aromatic heterocycles. The van der Waals surface area contributed by atoms with Gasteiger partial charge in [0.2, 0.25) is 0 Å². The van der Waals surface area contributed by atoms with Gasteiger partial charge in [0.1, 0.15) is 0 Å². The normalized spacial score (nSPS) is 21.7. The number of piperidine rings is 1. The maximum Gasteiger partial charge on any atom is 0.251 e. The summed E-state index contributed by atoms with van der Waals surface area (Å²) in [6.45, 7) is 5.36. The molecule has 1 aliphatic heterocycles. The summed E-state index contributed by atoms with van der Waals surface area (Å²) < 4.78 is 0. The molecule has 2 aliphatic rings. The number of nitrogens with one attached hydrogen (secondary N) is 1. The van der Waals surface area contributed by atoms with Crippen molar-refractivity contribution in [3.63, 3.8) is 0 Å². The highest BCUT2D eigenvalue weighted by Crippen LogP contribution is 2.25. The van der Waals surface area contributed by atoms with Crippen molar-refractivity contribution in [2.45, 2.75) is 45.1 Å². The Balaban J connectivity index is 1.69. The zero-order valence-corrected chi connectivity index (χ0v) is 13.2. The van der Waals surface area contributed by atoms with Gasteiger partial charge in [-0.05, 0) is 50.4 Å². The van der Waals surface area contributed by atoms with Gasteiger partial charge in [-0.1, -0.05) is 19.1 Å². The fraction of sp³-hybridized carbons (Fsp3) is 0.556. The zero-order valence-electron chi connectivity index (χ0n) is 13.2. The second-order valence-corrected chi connectivity index (χ2v) is 6.37. The van der Waals surface area contributed by atoms with Gasteiger partial charge in [-0.3, -0.25) is 9.59 Å². The van der Waals surface area contributed by atoms with Crippen molar-refractivity contribution in [3.05, 3.63) is 34.9 Å². The third-order valence-corrected chi connectivity index (χ3v) is 4.70. The molecule has 1 aromatic rings. The molecule has 1 saturated heterocycles. The first-order chi connectivity index (χ1) is 10.7. The van der Waals surface area contributed by atoms with Gasteiger partial charge in [-0.25, -0.2) is 0 Å². The number of hydrogen-bond donors (Lipinski definition) is 1. The van der Waals surface area contributed by atoms with Crippen molar-refractivity contribution < 1.29 is 9.59 Å². The molecular weight excluding hydrogens is 276 g/mol. The van der Waals surface area contributed by atoms with Crippen LogP contribution >= 0.6 is 0 Å². The first-order valence-corrected chi connectivity index (χ1v) is 8.37. The van der Waals surface area contributed by atoms with Crippen LogP contribution in [0.15, 0.2) is 18.2 Å². The summed E-state index contributed by atoms with van der Waals surface area (Å²) in [7, 11) is 0. The highest BCUT2D eigenvalue weighted by Gasteiger charge is 2.26. The highest BCUT2D eigenvalue weighted by atomic mass is 16.1. The Morgan fingerprint density at radius 1 is 1.36 bits per heavy atom. The van der Waals surface area contributed by atoms with Gasteiger partial charge in [0.25, 0.3) is 5.91 Å².